The lowest BCUT2D eigenvalue weighted by molar-refractivity contribution is 0.102. The Balaban J connectivity index is 1.13. The van der Waals surface area contributed by atoms with E-state index in [1.807, 2.05) is 0 Å². The van der Waals surface area contributed by atoms with Crippen molar-refractivity contribution in [3.8, 4) is 11.3 Å². The minimum Gasteiger partial charge on any atom is -0.340 e. The molecule has 3 aromatic heterocycles. The summed E-state index contributed by atoms with van der Waals surface area (Å²) in [6.07, 6.45) is 7.16. The van der Waals surface area contributed by atoms with Crippen LogP contribution in [0.5, 0.6) is 0 Å². The number of nitrogens with zero attached hydrogens (tertiary/aromatic N) is 7. The number of carbonyl (C=O) groups is 1. The number of anilines is 2. The van der Waals surface area contributed by atoms with Crippen molar-refractivity contribution in [2.45, 2.75) is 19.4 Å². The fourth-order valence-electron chi connectivity index (χ4n) is 4.65. The van der Waals surface area contributed by atoms with Gasteiger partial charge in [0.1, 0.15) is 5.69 Å². The Morgan fingerprint density at radius 2 is 1.87 bits per heavy atom. The molecule has 0 spiro atoms. The van der Waals surface area contributed by atoms with Crippen LogP contribution >= 0.6 is 11.6 Å². The Morgan fingerprint density at radius 3 is 2.61 bits per heavy atom. The molecule has 1 aliphatic carbocycles. The second kappa shape index (κ2) is 9.67. The third-order valence-corrected chi connectivity index (χ3v) is 6.97. The number of alkyl halides is 2. The quantitative estimate of drug-likeness (QED) is 0.365. The molecule has 1 aliphatic heterocycles. The van der Waals surface area contributed by atoms with E-state index in [2.05, 4.69) is 35.3 Å². The molecule has 6 rings (SSSR count). The number of hydrogen-bond donors (Lipinski definition) is 1. The standard InChI is InChI=1S/C25H20ClF3N8O/c26-18-2-1-17(23(28)29)21(22(18)27)19-7-30-8-20(35-19)24(38)34-16-6-33-37(12-16)9-13-4-31-25(32-5-13)36-10-14-3-15(14)11-36/h1-2,4-8,12,14-15,23H,3,9-11H2,(H,34,38). The van der Waals surface area contributed by atoms with E-state index in [-0.39, 0.29) is 16.4 Å². The summed E-state index contributed by atoms with van der Waals surface area (Å²) in [6.45, 7) is 2.42. The Kier molecular flexibility index (Phi) is 6.18. The number of benzene rings is 1. The van der Waals surface area contributed by atoms with Crippen LogP contribution in [0.1, 0.15) is 34.5 Å². The van der Waals surface area contributed by atoms with Crippen LogP contribution < -0.4 is 10.2 Å². The van der Waals surface area contributed by atoms with Gasteiger partial charge in [0.2, 0.25) is 5.95 Å². The number of nitrogens with one attached hydrogen (secondary N) is 1. The molecule has 1 amide bonds. The van der Waals surface area contributed by atoms with E-state index >= 15 is 0 Å². The Labute approximate surface area is 219 Å². The van der Waals surface area contributed by atoms with Crippen LogP contribution in [0.2, 0.25) is 5.02 Å². The highest BCUT2D eigenvalue weighted by Crippen LogP contribution is 2.45. The number of rotatable bonds is 7. The van der Waals surface area contributed by atoms with Gasteiger partial charge in [0.15, 0.2) is 5.82 Å². The summed E-state index contributed by atoms with van der Waals surface area (Å²) >= 11 is 5.79. The molecule has 9 nitrogen and oxygen atoms in total. The van der Waals surface area contributed by atoms with E-state index in [9.17, 15) is 18.0 Å². The van der Waals surface area contributed by atoms with Gasteiger partial charge in [-0.15, -0.1) is 0 Å². The first-order valence-electron chi connectivity index (χ1n) is 11.8. The van der Waals surface area contributed by atoms with Crippen molar-refractivity contribution in [3.63, 3.8) is 0 Å². The third-order valence-electron chi connectivity index (χ3n) is 6.67. The molecule has 194 valence electrons. The van der Waals surface area contributed by atoms with Crippen LogP contribution in [-0.4, -0.2) is 48.7 Å². The first-order valence-corrected chi connectivity index (χ1v) is 12.2. The van der Waals surface area contributed by atoms with E-state index in [0.717, 1.165) is 61.0 Å². The molecule has 1 N–H and O–H groups in total. The SMILES string of the molecule is O=C(Nc1cnn(Cc2cnc(N3CC4CC4C3)nc2)c1)c1cncc(-c2c(C(F)F)ccc(Cl)c2F)n1. The molecular formula is C25H20ClF3N8O. The lowest BCUT2D eigenvalue weighted by atomic mass is 10.0. The van der Waals surface area contributed by atoms with Crippen molar-refractivity contribution < 1.29 is 18.0 Å². The summed E-state index contributed by atoms with van der Waals surface area (Å²) in [5.41, 5.74) is -0.322. The minimum absolute atomic E-state index is 0.196. The highest BCUT2D eigenvalue weighted by molar-refractivity contribution is 6.31. The number of amides is 1. The predicted octanol–water partition coefficient (Wildman–Crippen LogP) is 4.62. The smallest absolute Gasteiger partial charge is 0.275 e. The minimum atomic E-state index is -2.98. The van der Waals surface area contributed by atoms with Gasteiger partial charge in [0.25, 0.3) is 12.3 Å². The molecule has 2 fully saturated rings. The Hall–Kier alpha value is -4.06. The van der Waals surface area contributed by atoms with E-state index in [1.54, 1.807) is 23.3 Å². The van der Waals surface area contributed by atoms with Gasteiger partial charge in [-0.1, -0.05) is 17.7 Å². The second-order valence-corrected chi connectivity index (χ2v) is 9.76. The van der Waals surface area contributed by atoms with Gasteiger partial charge in [-0.3, -0.25) is 14.5 Å². The van der Waals surface area contributed by atoms with E-state index < -0.39 is 29.3 Å². The zero-order valence-corrected chi connectivity index (χ0v) is 20.5. The highest BCUT2D eigenvalue weighted by atomic mass is 35.5. The normalized spacial score (nSPS) is 18.1. The van der Waals surface area contributed by atoms with Gasteiger partial charge in [-0.25, -0.2) is 28.1 Å². The van der Waals surface area contributed by atoms with E-state index in [1.165, 1.54) is 12.6 Å². The van der Waals surface area contributed by atoms with Gasteiger partial charge in [-0.2, -0.15) is 5.10 Å². The molecule has 0 radical (unpaired) electrons. The molecule has 4 aromatic rings. The van der Waals surface area contributed by atoms with Gasteiger partial charge in [0.05, 0.1) is 41.5 Å². The van der Waals surface area contributed by atoms with E-state index in [4.69, 9.17) is 11.6 Å². The average Bonchev–Trinajstić information content (AvgIpc) is 3.28. The molecule has 13 heteroatoms. The topological polar surface area (TPSA) is 102 Å². The summed E-state index contributed by atoms with van der Waals surface area (Å²) in [6, 6.07) is 2.06. The van der Waals surface area contributed by atoms with Crippen LogP contribution in [0, 0.1) is 17.7 Å². The summed E-state index contributed by atoms with van der Waals surface area (Å²) in [7, 11) is 0. The van der Waals surface area contributed by atoms with Crippen LogP contribution in [0.25, 0.3) is 11.3 Å². The maximum atomic E-state index is 14.6. The number of carbonyl (C=O) groups excluding carboxylic acids is 1. The molecule has 4 heterocycles. The predicted molar refractivity (Wildman–Crippen MR) is 133 cm³/mol. The zero-order chi connectivity index (χ0) is 26.4. The van der Waals surface area contributed by atoms with Crippen molar-refractivity contribution in [1.82, 2.24) is 29.7 Å². The highest BCUT2D eigenvalue weighted by Gasteiger charge is 2.45. The van der Waals surface area contributed by atoms with Crippen LogP contribution in [-0.2, 0) is 6.54 Å². The monoisotopic (exact) mass is 540 g/mol. The molecule has 38 heavy (non-hydrogen) atoms. The first-order chi connectivity index (χ1) is 18.4. The first kappa shape index (κ1) is 24.3. The number of fused-ring (bicyclic) bond motifs is 1. The van der Waals surface area contributed by atoms with E-state index in [0.29, 0.717) is 12.2 Å². The van der Waals surface area contributed by atoms with Crippen LogP contribution in [0.15, 0.2) is 49.3 Å². The maximum absolute atomic E-state index is 14.6. The molecule has 2 atom stereocenters. The van der Waals surface area contributed by atoms with Crippen molar-refractivity contribution in [2.24, 2.45) is 11.8 Å². The lowest BCUT2D eigenvalue weighted by Gasteiger charge is -2.17. The number of aromatic nitrogens is 6. The average molecular weight is 541 g/mol. The fourth-order valence-corrected chi connectivity index (χ4v) is 4.81. The summed E-state index contributed by atoms with van der Waals surface area (Å²) in [5.74, 6) is 0.578. The maximum Gasteiger partial charge on any atom is 0.275 e. The summed E-state index contributed by atoms with van der Waals surface area (Å²) in [4.78, 5) is 31.9. The fraction of sp³-hybridized carbons (Fsp3) is 0.280. The molecule has 1 aromatic carbocycles. The Bertz CT molecular complexity index is 1500. The molecule has 1 saturated carbocycles. The number of piperidine rings is 1. The number of halogens is 4. The van der Waals surface area contributed by atoms with Crippen molar-refractivity contribution >= 4 is 29.1 Å². The molecule has 2 aliphatic rings. The molecule has 2 unspecified atom stereocenters. The summed E-state index contributed by atoms with van der Waals surface area (Å²) < 4.78 is 43.2. The molecular weight excluding hydrogens is 521 g/mol. The lowest BCUT2D eigenvalue weighted by Crippen LogP contribution is -2.24. The summed E-state index contributed by atoms with van der Waals surface area (Å²) in [5, 5.41) is 6.53. The van der Waals surface area contributed by atoms with Crippen LogP contribution in [0.3, 0.4) is 0 Å². The van der Waals surface area contributed by atoms with Gasteiger partial charge in [0, 0.05) is 48.4 Å². The van der Waals surface area contributed by atoms with Crippen LogP contribution in [0.4, 0.5) is 24.8 Å². The largest absolute Gasteiger partial charge is 0.340 e. The molecule has 1 saturated heterocycles. The third kappa shape index (κ3) is 4.78. The zero-order valence-electron chi connectivity index (χ0n) is 19.7. The van der Waals surface area contributed by atoms with Crippen molar-refractivity contribution in [2.75, 3.05) is 23.3 Å². The van der Waals surface area contributed by atoms with Gasteiger partial charge in [-0.05, 0) is 24.3 Å². The van der Waals surface area contributed by atoms with Gasteiger partial charge < -0.3 is 10.2 Å². The number of hydrogen-bond acceptors (Lipinski definition) is 7. The Morgan fingerprint density at radius 1 is 1.11 bits per heavy atom. The molecule has 0 bridgehead atoms. The van der Waals surface area contributed by atoms with Crippen molar-refractivity contribution in [1.29, 1.82) is 0 Å². The van der Waals surface area contributed by atoms with Gasteiger partial charge >= 0.3 is 0 Å². The second-order valence-electron chi connectivity index (χ2n) is 9.35. The van der Waals surface area contributed by atoms with Crippen molar-refractivity contribution in [3.05, 3.63) is 77.0 Å².